The molecular weight excluding hydrogens is 226 g/mol. The van der Waals surface area contributed by atoms with Crippen LogP contribution in [0.1, 0.15) is 43.1 Å². The van der Waals surface area contributed by atoms with Crippen LogP contribution in [0.15, 0.2) is 24.3 Å². The first-order valence-electron chi connectivity index (χ1n) is 6.43. The highest BCUT2D eigenvalue weighted by molar-refractivity contribution is 5.89. The molecule has 0 unspecified atom stereocenters. The lowest BCUT2D eigenvalue weighted by molar-refractivity contribution is 0.0401. The normalized spacial score (nSPS) is 11.3. The number of aryl methyl sites for hydroxylation is 1. The molecule has 3 heteroatoms. The molecule has 0 aliphatic carbocycles. The first-order valence-corrected chi connectivity index (χ1v) is 6.43. The molecule has 100 valence electrons. The summed E-state index contributed by atoms with van der Waals surface area (Å²) in [5.74, 6) is -0.263. The Morgan fingerprint density at radius 2 is 1.89 bits per heavy atom. The van der Waals surface area contributed by atoms with Crippen LogP contribution in [0.5, 0.6) is 0 Å². The summed E-state index contributed by atoms with van der Waals surface area (Å²) in [6, 6.07) is 7.42. The summed E-state index contributed by atoms with van der Waals surface area (Å²) >= 11 is 0. The Morgan fingerprint density at radius 1 is 1.28 bits per heavy atom. The molecule has 0 radical (unpaired) electrons. The van der Waals surface area contributed by atoms with Gasteiger partial charge in [-0.1, -0.05) is 24.6 Å². The van der Waals surface area contributed by atoms with Crippen LogP contribution in [0.2, 0.25) is 0 Å². The van der Waals surface area contributed by atoms with Crippen molar-refractivity contribution in [3.63, 3.8) is 0 Å². The van der Waals surface area contributed by atoms with Gasteiger partial charge in [-0.3, -0.25) is 0 Å². The van der Waals surface area contributed by atoms with Gasteiger partial charge < -0.3 is 10.1 Å². The fourth-order valence-electron chi connectivity index (χ4n) is 1.53. The van der Waals surface area contributed by atoms with E-state index in [4.69, 9.17) is 4.74 Å². The minimum atomic E-state index is -0.263. The van der Waals surface area contributed by atoms with E-state index in [-0.39, 0.29) is 11.5 Å². The van der Waals surface area contributed by atoms with Gasteiger partial charge in [-0.05, 0) is 45.9 Å². The number of esters is 1. The van der Waals surface area contributed by atoms with Gasteiger partial charge in [0.2, 0.25) is 0 Å². The molecule has 0 saturated carbocycles. The van der Waals surface area contributed by atoms with Crippen LogP contribution in [0.4, 0.5) is 0 Å². The first-order chi connectivity index (χ1) is 8.44. The minimum absolute atomic E-state index is 0.184. The van der Waals surface area contributed by atoms with Gasteiger partial charge in [-0.25, -0.2) is 4.79 Å². The van der Waals surface area contributed by atoms with Gasteiger partial charge in [0, 0.05) is 5.54 Å². The largest absolute Gasteiger partial charge is 0.460 e. The van der Waals surface area contributed by atoms with E-state index in [1.807, 2.05) is 32.9 Å². The number of ether oxygens (including phenoxy) is 1. The Kier molecular flexibility index (Phi) is 5.35. The van der Waals surface area contributed by atoms with Crippen LogP contribution >= 0.6 is 0 Å². The fraction of sp³-hybridized carbons (Fsp3) is 0.533. The maximum absolute atomic E-state index is 11.8. The first kappa shape index (κ1) is 14.7. The second-order valence-electron chi connectivity index (χ2n) is 5.25. The molecule has 0 aromatic heterocycles. The predicted octanol–water partition coefficient (Wildman–Crippen LogP) is 2.93. The number of hydrogen-bond donors (Lipinski definition) is 1. The van der Waals surface area contributed by atoms with Gasteiger partial charge in [-0.2, -0.15) is 0 Å². The van der Waals surface area contributed by atoms with E-state index < -0.39 is 0 Å². The average molecular weight is 249 g/mol. The van der Waals surface area contributed by atoms with Crippen molar-refractivity contribution in [2.75, 3.05) is 13.2 Å². The lowest BCUT2D eigenvalue weighted by Gasteiger charge is -2.25. The maximum Gasteiger partial charge on any atom is 0.338 e. The van der Waals surface area contributed by atoms with Gasteiger partial charge in [0.05, 0.1) is 5.56 Å². The topological polar surface area (TPSA) is 38.3 Å². The summed E-state index contributed by atoms with van der Waals surface area (Å²) in [5.41, 5.74) is 1.56. The lowest BCUT2D eigenvalue weighted by atomic mass is 10.1. The molecule has 0 amide bonds. The van der Waals surface area contributed by atoms with Crippen molar-refractivity contribution >= 4 is 5.97 Å². The number of carbonyl (C=O) groups excluding carboxylic acids is 1. The number of hydrogen-bond acceptors (Lipinski definition) is 3. The molecule has 0 aliphatic rings. The molecule has 0 aliphatic heterocycles. The van der Waals surface area contributed by atoms with Crippen molar-refractivity contribution in [1.29, 1.82) is 0 Å². The second-order valence-corrected chi connectivity index (χ2v) is 5.25. The highest BCUT2D eigenvalue weighted by Gasteiger charge is 2.19. The van der Waals surface area contributed by atoms with Gasteiger partial charge in [0.1, 0.15) is 6.61 Å². The van der Waals surface area contributed by atoms with E-state index in [1.54, 1.807) is 12.1 Å². The molecule has 0 saturated heterocycles. The van der Waals surface area contributed by atoms with Crippen LogP contribution in [-0.4, -0.2) is 24.7 Å². The average Bonchev–Trinajstić information content (AvgIpc) is 2.35. The third kappa shape index (κ3) is 4.88. The van der Waals surface area contributed by atoms with Crippen molar-refractivity contribution < 1.29 is 9.53 Å². The Balaban J connectivity index is 2.48. The molecule has 3 nitrogen and oxygen atoms in total. The molecule has 1 aromatic rings. The van der Waals surface area contributed by atoms with Gasteiger partial charge in [-0.15, -0.1) is 0 Å². The maximum atomic E-state index is 11.8. The molecule has 18 heavy (non-hydrogen) atoms. The summed E-state index contributed by atoms with van der Waals surface area (Å²) in [6.45, 7) is 9.47. The summed E-state index contributed by atoms with van der Waals surface area (Å²) in [4.78, 5) is 11.8. The molecule has 0 bridgehead atoms. The molecule has 1 aromatic carbocycles. The van der Waals surface area contributed by atoms with Gasteiger partial charge in [0.25, 0.3) is 0 Å². The van der Waals surface area contributed by atoms with E-state index in [2.05, 4.69) is 12.2 Å². The van der Waals surface area contributed by atoms with Crippen LogP contribution < -0.4 is 5.32 Å². The molecule has 0 atom stereocenters. The summed E-state index contributed by atoms with van der Waals surface area (Å²) < 4.78 is 5.33. The minimum Gasteiger partial charge on any atom is -0.460 e. The Labute approximate surface area is 110 Å². The van der Waals surface area contributed by atoms with E-state index in [0.29, 0.717) is 12.2 Å². The molecule has 0 spiro atoms. The molecule has 1 rings (SSSR count). The zero-order valence-corrected chi connectivity index (χ0v) is 11.7. The molecule has 0 fully saturated rings. The third-order valence-electron chi connectivity index (χ3n) is 2.70. The quantitative estimate of drug-likeness (QED) is 0.788. The third-order valence-corrected chi connectivity index (χ3v) is 2.70. The zero-order valence-electron chi connectivity index (χ0n) is 11.7. The van der Waals surface area contributed by atoms with Crippen molar-refractivity contribution in [2.24, 2.45) is 0 Å². The van der Waals surface area contributed by atoms with E-state index >= 15 is 0 Å². The van der Waals surface area contributed by atoms with Crippen molar-refractivity contribution in [1.82, 2.24) is 5.32 Å². The van der Waals surface area contributed by atoms with Gasteiger partial charge in [0.15, 0.2) is 0 Å². The van der Waals surface area contributed by atoms with Crippen molar-refractivity contribution in [2.45, 2.75) is 39.7 Å². The smallest absolute Gasteiger partial charge is 0.338 e. The number of rotatable bonds is 6. The predicted molar refractivity (Wildman–Crippen MR) is 73.8 cm³/mol. The SMILES string of the molecule is CCCNC(C)(C)COC(=O)c1ccc(C)cc1. The Bertz CT molecular complexity index is 382. The number of benzene rings is 1. The summed E-state index contributed by atoms with van der Waals surface area (Å²) in [6.07, 6.45) is 1.06. The van der Waals surface area contributed by atoms with E-state index in [9.17, 15) is 4.79 Å². The second kappa shape index (κ2) is 6.55. The molecule has 0 heterocycles. The summed E-state index contributed by atoms with van der Waals surface area (Å²) in [5, 5.41) is 3.35. The van der Waals surface area contributed by atoms with Crippen LogP contribution in [0, 0.1) is 6.92 Å². The monoisotopic (exact) mass is 249 g/mol. The zero-order chi connectivity index (χ0) is 13.6. The summed E-state index contributed by atoms with van der Waals surface area (Å²) in [7, 11) is 0. The standard InChI is InChI=1S/C15H23NO2/c1-5-10-16-15(3,4)11-18-14(17)13-8-6-12(2)7-9-13/h6-9,16H,5,10-11H2,1-4H3. The highest BCUT2D eigenvalue weighted by atomic mass is 16.5. The van der Waals surface area contributed by atoms with Crippen molar-refractivity contribution in [3.05, 3.63) is 35.4 Å². The van der Waals surface area contributed by atoms with Crippen molar-refractivity contribution in [3.8, 4) is 0 Å². The van der Waals surface area contributed by atoms with Crippen LogP contribution in [-0.2, 0) is 4.74 Å². The number of nitrogens with one attached hydrogen (secondary N) is 1. The Hall–Kier alpha value is -1.35. The Morgan fingerprint density at radius 3 is 2.44 bits per heavy atom. The highest BCUT2D eigenvalue weighted by Crippen LogP contribution is 2.08. The van der Waals surface area contributed by atoms with E-state index in [1.165, 1.54) is 0 Å². The molecular formula is C15H23NO2. The fourth-order valence-corrected chi connectivity index (χ4v) is 1.53. The van der Waals surface area contributed by atoms with E-state index in [0.717, 1.165) is 18.5 Å². The lowest BCUT2D eigenvalue weighted by Crippen LogP contribution is -2.44. The molecule has 1 N–H and O–H groups in total. The van der Waals surface area contributed by atoms with Crippen LogP contribution in [0.3, 0.4) is 0 Å². The van der Waals surface area contributed by atoms with Gasteiger partial charge >= 0.3 is 5.97 Å². The number of carbonyl (C=O) groups is 1. The van der Waals surface area contributed by atoms with Crippen LogP contribution in [0.25, 0.3) is 0 Å².